The lowest BCUT2D eigenvalue weighted by molar-refractivity contribution is -0.140. The lowest BCUT2D eigenvalue weighted by Crippen LogP contribution is -2.36. The summed E-state index contributed by atoms with van der Waals surface area (Å²) < 4.78 is 11.2. The molecule has 0 aromatic heterocycles. The maximum absolute atomic E-state index is 13.1. The zero-order valence-corrected chi connectivity index (χ0v) is 18.8. The fourth-order valence-corrected chi connectivity index (χ4v) is 4.38. The Morgan fingerprint density at radius 2 is 1.91 bits per heavy atom. The zero-order valence-electron chi connectivity index (χ0n) is 18.8. The van der Waals surface area contributed by atoms with Crippen LogP contribution in [0.4, 0.5) is 0 Å². The minimum atomic E-state index is -0.679. The van der Waals surface area contributed by atoms with Gasteiger partial charge in [-0.25, -0.2) is 0 Å². The topological polar surface area (TPSA) is 76.1 Å². The molecule has 1 amide bonds. The van der Waals surface area contributed by atoms with Crippen molar-refractivity contribution in [2.75, 3.05) is 19.8 Å². The SMILES string of the molecule is C=CCOc1ccc(C(O)=C2C(=O)C(=O)N(C[C@H]3CCCO3)[C@@H]2c2ccc(CC)cc2)cc1. The van der Waals surface area contributed by atoms with Crippen molar-refractivity contribution >= 4 is 17.4 Å². The Balaban J connectivity index is 1.74. The summed E-state index contributed by atoms with van der Waals surface area (Å²) >= 11 is 0. The molecule has 4 rings (SSSR count). The van der Waals surface area contributed by atoms with E-state index in [-0.39, 0.29) is 17.4 Å². The van der Waals surface area contributed by atoms with Crippen LogP contribution in [0.1, 0.15) is 42.5 Å². The maximum Gasteiger partial charge on any atom is 0.295 e. The van der Waals surface area contributed by atoms with E-state index in [0.717, 1.165) is 30.4 Å². The highest BCUT2D eigenvalue weighted by molar-refractivity contribution is 6.46. The zero-order chi connectivity index (χ0) is 23.4. The first kappa shape index (κ1) is 22.8. The van der Waals surface area contributed by atoms with E-state index in [4.69, 9.17) is 9.47 Å². The number of carbonyl (C=O) groups excluding carboxylic acids is 2. The summed E-state index contributed by atoms with van der Waals surface area (Å²) in [6, 6.07) is 14.0. The van der Waals surface area contributed by atoms with Crippen molar-refractivity contribution in [3.8, 4) is 5.75 Å². The third kappa shape index (κ3) is 4.71. The van der Waals surface area contributed by atoms with Crippen LogP contribution >= 0.6 is 0 Å². The smallest absolute Gasteiger partial charge is 0.295 e. The number of amides is 1. The molecule has 0 unspecified atom stereocenters. The van der Waals surface area contributed by atoms with Gasteiger partial charge in [0.15, 0.2) is 0 Å². The molecule has 6 heteroatoms. The molecule has 2 aromatic rings. The molecule has 172 valence electrons. The average molecular weight is 448 g/mol. The molecule has 2 saturated heterocycles. The molecule has 2 aliphatic rings. The van der Waals surface area contributed by atoms with Crippen LogP contribution in [0.3, 0.4) is 0 Å². The summed E-state index contributed by atoms with van der Waals surface area (Å²) in [5, 5.41) is 11.2. The minimum absolute atomic E-state index is 0.0991. The van der Waals surface area contributed by atoms with E-state index in [2.05, 4.69) is 13.5 Å². The van der Waals surface area contributed by atoms with Gasteiger partial charge in [0, 0.05) is 18.7 Å². The highest BCUT2D eigenvalue weighted by Gasteiger charge is 2.47. The Morgan fingerprint density at radius 3 is 2.52 bits per heavy atom. The molecule has 0 spiro atoms. The highest BCUT2D eigenvalue weighted by Crippen LogP contribution is 2.40. The van der Waals surface area contributed by atoms with Crippen molar-refractivity contribution < 1.29 is 24.2 Å². The number of ether oxygens (including phenoxy) is 2. The van der Waals surface area contributed by atoms with Gasteiger partial charge in [0.2, 0.25) is 0 Å². The van der Waals surface area contributed by atoms with Gasteiger partial charge in [-0.3, -0.25) is 9.59 Å². The lowest BCUT2D eigenvalue weighted by atomic mass is 9.94. The van der Waals surface area contributed by atoms with E-state index < -0.39 is 17.7 Å². The number of benzene rings is 2. The molecule has 0 bridgehead atoms. The third-order valence-corrected chi connectivity index (χ3v) is 6.16. The molecule has 1 N–H and O–H groups in total. The summed E-state index contributed by atoms with van der Waals surface area (Å²) in [6.45, 7) is 7.04. The molecule has 6 nitrogen and oxygen atoms in total. The number of nitrogens with zero attached hydrogens (tertiary/aromatic N) is 1. The number of aliphatic hydroxyl groups excluding tert-OH is 1. The number of hydrogen-bond acceptors (Lipinski definition) is 5. The molecule has 2 atom stereocenters. The number of rotatable bonds is 8. The van der Waals surface area contributed by atoms with Gasteiger partial charge in [-0.15, -0.1) is 0 Å². The number of likely N-dealkylation sites (tertiary alicyclic amines) is 1. The molecule has 2 fully saturated rings. The predicted octanol–water partition coefficient (Wildman–Crippen LogP) is 4.41. The molecule has 33 heavy (non-hydrogen) atoms. The number of Topliss-reactive ketones (excluding diaryl/α,β-unsaturated/α-hetero) is 1. The van der Waals surface area contributed by atoms with E-state index in [9.17, 15) is 14.7 Å². The first-order chi connectivity index (χ1) is 16.0. The number of aryl methyl sites for hydroxylation is 1. The van der Waals surface area contributed by atoms with Gasteiger partial charge in [0.05, 0.1) is 17.7 Å². The molecule has 2 aliphatic heterocycles. The second-order valence-electron chi connectivity index (χ2n) is 8.31. The van der Waals surface area contributed by atoms with Crippen LogP contribution in [0.25, 0.3) is 5.76 Å². The molecule has 0 saturated carbocycles. The highest BCUT2D eigenvalue weighted by atomic mass is 16.5. The van der Waals surface area contributed by atoms with E-state index in [1.165, 1.54) is 0 Å². The van der Waals surface area contributed by atoms with Crippen molar-refractivity contribution in [3.63, 3.8) is 0 Å². The minimum Gasteiger partial charge on any atom is -0.507 e. The van der Waals surface area contributed by atoms with Crippen molar-refractivity contribution in [1.29, 1.82) is 0 Å². The second kappa shape index (κ2) is 10.0. The van der Waals surface area contributed by atoms with Gasteiger partial charge in [0.25, 0.3) is 11.7 Å². The van der Waals surface area contributed by atoms with Crippen molar-refractivity contribution in [1.82, 2.24) is 4.90 Å². The first-order valence-corrected chi connectivity index (χ1v) is 11.4. The summed E-state index contributed by atoms with van der Waals surface area (Å²) in [7, 11) is 0. The second-order valence-corrected chi connectivity index (χ2v) is 8.31. The number of aliphatic hydroxyl groups is 1. The Bertz CT molecular complexity index is 1050. The Labute approximate surface area is 194 Å². The monoisotopic (exact) mass is 447 g/mol. The van der Waals surface area contributed by atoms with Crippen molar-refractivity contribution in [2.45, 2.75) is 38.3 Å². The maximum atomic E-state index is 13.1. The van der Waals surface area contributed by atoms with Crippen LogP contribution in [0.5, 0.6) is 5.75 Å². The Hall–Kier alpha value is -3.38. The molecular weight excluding hydrogens is 418 g/mol. The third-order valence-electron chi connectivity index (χ3n) is 6.16. The first-order valence-electron chi connectivity index (χ1n) is 11.4. The van der Waals surface area contributed by atoms with Crippen LogP contribution in [0.15, 0.2) is 66.8 Å². The van der Waals surface area contributed by atoms with Crippen LogP contribution in [-0.4, -0.2) is 47.6 Å². The normalized spacial score (nSPS) is 22.0. The predicted molar refractivity (Wildman–Crippen MR) is 126 cm³/mol. The van der Waals surface area contributed by atoms with Gasteiger partial charge in [0.1, 0.15) is 18.1 Å². The number of hydrogen-bond donors (Lipinski definition) is 1. The van der Waals surface area contributed by atoms with Gasteiger partial charge >= 0.3 is 0 Å². The van der Waals surface area contributed by atoms with Crippen LogP contribution in [0.2, 0.25) is 0 Å². The Kier molecular flexibility index (Phi) is 6.94. The largest absolute Gasteiger partial charge is 0.507 e. The van der Waals surface area contributed by atoms with Gasteiger partial charge in [-0.05, 0) is 54.7 Å². The van der Waals surface area contributed by atoms with Gasteiger partial charge in [-0.1, -0.05) is 43.8 Å². The standard InChI is InChI=1S/C27H29NO5/c1-3-15-32-21-13-11-20(12-14-21)25(29)23-24(19-9-7-18(4-2)8-10-19)28(27(31)26(23)30)17-22-6-5-16-33-22/h3,7-14,22,24,29H,1,4-6,15-17H2,2H3/t22-,24-/m1/s1. The lowest BCUT2D eigenvalue weighted by Gasteiger charge is -2.27. The number of carbonyl (C=O) groups is 2. The van der Waals surface area contributed by atoms with E-state index >= 15 is 0 Å². The van der Waals surface area contributed by atoms with Crippen molar-refractivity contribution in [2.24, 2.45) is 0 Å². The molecule has 0 radical (unpaired) electrons. The summed E-state index contributed by atoms with van der Waals surface area (Å²) in [4.78, 5) is 27.7. The van der Waals surface area contributed by atoms with E-state index in [1.807, 2.05) is 24.3 Å². The summed E-state index contributed by atoms with van der Waals surface area (Å²) in [6.07, 6.45) is 4.20. The van der Waals surface area contributed by atoms with Crippen molar-refractivity contribution in [3.05, 3.63) is 83.4 Å². The summed E-state index contributed by atoms with van der Waals surface area (Å²) in [5.74, 6) is -0.857. The van der Waals surface area contributed by atoms with Crippen LogP contribution in [0, 0.1) is 0 Å². The number of ketones is 1. The molecule has 2 aromatic carbocycles. The summed E-state index contributed by atoms with van der Waals surface area (Å²) in [5.41, 5.74) is 2.50. The van der Waals surface area contributed by atoms with Gasteiger partial charge in [-0.2, -0.15) is 0 Å². The molecule has 2 heterocycles. The van der Waals surface area contributed by atoms with E-state index in [1.54, 1.807) is 35.2 Å². The Morgan fingerprint density at radius 1 is 1.18 bits per heavy atom. The fourth-order valence-electron chi connectivity index (χ4n) is 4.38. The van der Waals surface area contributed by atoms with Gasteiger partial charge < -0.3 is 19.5 Å². The molecule has 0 aliphatic carbocycles. The van der Waals surface area contributed by atoms with Crippen LogP contribution in [-0.2, 0) is 20.7 Å². The fraction of sp³-hybridized carbons (Fsp3) is 0.333. The quantitative estimate of drug-likeness (QED) is 0.281. The van der Waals surface area contributed by atoms with E-state index in [0.29, 0.717) is 31.1 Å². The molecular formula is C27H29NO5. The van der Waals surface area contributed by atoms with Crippen LogP contribution < -0.4 is 4.74 Å². The average Bonchev–Trinajstić information content (AvgIpc) is 3.45.